The minimum absolute atomic E-state index is 0.0791. The lowest BCUT2D eigenvalue weighted by atomic mass is 10.0. The number of benzene rings is 1. The van der Waals surface area contributed by atoms with Gasteiger partial charge in [-0.05, 0) is 12.1 Å². The van der Waals surface area contributed by atoms with Crippen LogP contribution >= 0.6 is 23.3 Å². The second-order valence-corrected chi connectivity index (χ2v) is 9.72. The fraction of sp³-hybridized carbons (Fsp3) is 0.250. The van der Waals surface area contributed by atoms with Crippen LogP contribution in [-0.4, -0.2) is 69.9 Å². The summed E-state index contributed by atoms with van der Waals surface area (Å²) in [6, 6.07) is 6.79. The van der Waals surface area contributed by atoms with Crippen molar-refractivity contribution in [3.8, 4) is 0 Å². The summed E-state index contributed by atoms with van der Waals surface area (Å²) in [7, 11) is 1.88. The molecule has 0 radical (unpaired) electrons. The van der Waals surface area contributed by atoms with Gasteiger partial charge in [-0.15, -0.1) is 16.4 Å². The Bertz CT molecular complexity index is 1440. The van der Waals surface area contributed by atoms with Crippen molar-refractivity contribution in [3.63, 3.8) is 0 Å². The van der Waals surface area contributed by atoms with Crippen LogP contribution in [0.5, 0.6) is 0 Å². The monoisotopic (exact) mass is 515 g/mol. The van der Waals surface area contributed by atoms with Gasteiger partial charge in [0.1, 0.15) is 22.6 Å². The smallest absolute Gasteiger partial charge is 0.352 e. The molecule has 2 aliphatic heterocycles. The molecule has 15 heteroatoms. The summed E-state index contributed by atoms with van der Waals surface area (Å²) in [6.07, 6.45) is 1.93. The number of fused-ring (bicyclic) bond motifs is 2. The summed E-state index contributed by atoms with van der Waals surface area (Å²) >= 11 is 2.16. The highest BCUT2D eigenvalue weighted by Gasteiger charge is 2.55. The van der Waals surface area contributed by atoms with E-state index < -0.39 is 34.9 Å². The van der Waals surface area contributed by atoms with Crippen molar-refractivity contribution in [2.75, 3.05) is 11.5 Å². The standard InChI is InChI=1S/C20H18N8O5S2/c1-26-11-5-3-2-4-9(11)6-27(26)7-10-8-34-18-13(17(30)28(18)14(10)19(31)32)22-16(29)12(24-33)15-23-20(21)35-25-15/h2-6,13,18H,7-8H2,1H3,(H4-,21,22,23,25,29,31,32,33)/p+1/t13-,18-/m1/s1. The number of thioether (sulfide) groups is 1. The van der Waals surface area contributed by atoms with Crippen LogP contribution in [0.1, 0.15) is 5.82 Å². The molecule has 13 nitrogen and oxygen atoms in total. The molecular weight excluding hydrogens is 496 g/mol. The number of carboxylic acid groups (broad SMARTS) is 1. The van der Waals surface area contributed by atoms with Crippen molar-refractivity contribution in [1.82, 2.24) is 24.3 Å². The van der Waals surface area contributed by atoms with Gasteiger partial charge < -0.3 is 21.4 Å². The van der Waals surface area contributed by atoms with E-state index >= 15 is 0 Å². The fourth-order valence-electron chi connectivity index (χ4n) is 4.16. The number of nitrogen functional groups attached to an aromatic ring is 1. The van der Waals surface area contributed by atoms with E-state index in [0.29, 0.717) is 11.3 Å². The molecule has 1 fully saturated rings. The molecule has 0 unspecified atom stereocenters. The number of hydrogen-bond donors (Lipinski definition) is 4. The summed E-state index contributed by atoms with van der Waals surface area (Å²) in [6.45, 7) is 0.283. The molecule has 1 saturated heterocycles. The maximum atomic E-state index is 12.9. The number of aromatic nitrogens is 4. The van der Waals surface area contributed by atoms with Gasteiger partial charge in [-0.3, -0.25) is 14.5 Å². The van der Waals surface area contributed by atoms with E-state index in [0.717, 1.165) is 22.4 Å². The quantitative estimate of drug-likeness (QED) is 0.111. The van der Waals surface area contributed by atoms with Crippen LogP contribution in [0, 0.1) is 0 Å². The molecule has 5 N–H and O–H groups in total. The summed E-state index contributed by atoms with van der Waals surface area (Å²) in [5, 5.41) is 25.1. The number of nitrogens with zero attached hydrogens (tertiary/aromatic N) is 6. The molecule has 3 aromatic rings. The SMILES string of the molecule is Cn1c2ccccc2c[n+]1CC1=C(C(=O)O)N2C(=O)[C@@H](NC(=O)/C(=N\O)c3nsc(N)n3)[C@H]2SC1. The van der Waals surface area contributed by atoms with Crippen LogP contribution in [0.2, 0.25) is 0 Å². The lowest BCUT2D eigenvalue weighted by molar-refractivity contribution is -0.764. The lowest BCUT2D eigenvalue weighted by Crippen LogP contribution is -2.71. The van der Waals surface area contributed by atoms with Crippen molar-refractivity contribution in [2.24, 2.45) is 12.2 Å². The highest BCUT2D eigenvalue weighted by atomic mass is 32.2. The Balaban J connectivity index is 1.37. The number of carbonyl (C=O) groups excluding carboxylic acids is 2. The normalized spacial score (nSPS) is 20.1. The Hall–Kier alpha value is -3.98. The minimum atomic E-state index is -1.22. The van der Waals surface area contributed by atoms with Crippen LogP contribution in [-0.2, 0) is 28.0 Å². The highest BCUT2D eigenvalue weighted by Crippen LogP contribution is 2.40. The first-order chi connectivity index (χ1) is 16.8. The predicted molar refractivity (Wildman–Crippen MR) is 125 cm³/mol. The molecule has 2 aliphatic rings. The third kappa shape index (κ3) is 3.77. The molecule has 1 aromatic carbocycles. The number of nitrogens with two attached hydrogens (primary N) is 1. The van der Waals surface area contributed by atoms with Crippen LogP contribution in [0.4, 0.5) is 5.13 Å². The summed E-state index contributed by atoms with van der Waals surface area (Å²) in [4.78, 5) is 42.7. The van der Waals surface area contributed by atoms with Gasteiger partial charge in [-0.25, -0.2) is 4.79 Å². The third-order valence-electron chi connectivity index (χ3n) is 5.82. The molecule has 2 aromatic heterocycles. The van der Waals surface area contributed by atoms with Crippen LogP contribution < -0.4 is 15.7 Å². The largest absolute Gasteiger partial charge is 0.477 e. The van der Waals surface area contributed by atoms with Crippen molar-refractivity contribution < 1.29 is 29.4 Å². The van der Waals surface area contributed by atoms with E-state index in [4.69, 9.17) is 5.73 Å². The molecule has 180 valence electrons. The number of oxime groups is 1. The first kappa shape index (κ1) is 22.8. The minimum Gasteiger partial charge on any atom is -0.477 e. The number of aryl methyl sites for hydroxylation is 1. The number of anilines is 1. The van der Waals surface area contributed by atoms with Gasteiger partial charge in [-0.2, -0.15) is 14.0 Å². The average molecular weight is 516 g/mol. The first-order valence-electron chi connectivity index (χ1n) is 10.3. The summed E-state index contributed by atoms with van der Waals surface area (Å²) in [5.41, 5.74) is 6.50. The molecule has 2 atom stereocenters. The Labute approximate surface area is 205 Å². The Morgan fingerprint density at radius 2 is 2.14 bits per heavy atom. The lowest BCUT2D eigenvalue weighted by Gasteiger charge is -2.49. The molecule has 0 saturated carbocycles. The number of nitrogens with one attached hydrogen (secondary N) is 1. The maximum Gasteiger partial charge on any atom is 0.352 e. The van der Waals surface area contributed by atoms with Crippen LogP contribution in [0.3, 0.4) is 0 Å². The molecular formula is C20H19N8O5S2+. The molecule has 2 amide bonds. The van der Waals surface area contributed by atoms with Crippen molar-refractivity contribution in [1.29, 1.82) is 0 Å². The molecule has 0 bridgehead atoms. The van der Waals surface area contributed by atoms with Crippen molar-refractivity contribution in [3.05, 3.63) is 47.6 Å². The van der Waals surface area contributed by atoms with Crippen LogP contribution in [0.15, 0.2) is 46.9 Å². The average Bonchev–Trinajstić information content (AvgIpc) is 3.40. The Morgan fingerprint density at radius 3 is 2.80 bits per heavy atom. The van der Waals surface area contributed by atoms with Gasteiger partial charge >= 0.3 is 5.97 Å². The first-order valence-corrected chi connectivity index (χ1v) is 12.1. The Morgan fingerprint density at radius 1 is 1.37 bits per heavy atom. The zero-order chi connectivity index (χ0) is 24.9. The third-order valence-corrected chi connectivity index (χ3v) is 7.70. The molecule has 35 heavy (non-hydrogen) atoms. The Kier molecular flexibility index (Phi) is 5.64. The van der Waals surface area contributed by atoms with E-state index in [-0.39, 0.29) is 23.2 Å². The molecule has 4 heterocycles. The van der Waals surface area contributed by atoms with E-state index in [1.807, 2.05) is 46.9 Å². The summed E-state index contributed by atoms with van der Waals surface area (Å²) in [5.74, 6) is -2.49. The van der Waals surface area contributed by atoms with Gasteiger partial charge in [0.05, 0.1) is 12.4 Å². The van der Waals surface area contributed by atoms with E-state index in [1.54, 1.807) is 0 Å². The number of para-hydroxylation sites is 1. The van der Waals surface area contributed by atoms with Gasteiger partial charge in [0.25, 0.3) is 11.8 Å². The number of carbonyl (C=O) groups is 3. The van der Waals surface area contributed by atoms with Gasteiger partial charge in [-0.1, -0.05) is 17.3 Å². The maximum absolute atomic E-state index is 12.9. The van der Waals surface area contributed by atoms with E-state index in [1.165, 1.54) is 16.7 Å². The van der Waals surface area contributed by atoms with E-state index in [9.17, 15) is 24.7 Å². The number of amides is 2. The second-order valence-electron chi connectivity index (χ2n) is 7.83. The molecule has 5 rings (SSSR count). The van der Waals surface area contributed by atoms with Gasteiger partial charge in [0, 0.05) is 22.9 Å². The van der Waals surface area contributed by atoms with Crippen molar-refractivity contribution >= 4 is 62.8 Å². The second kappa shape index (κ2) is 8.66. The number of carboxylic acids is 1. The molecule has 0 spiro atoms. The zero-order valence-corrected chi connectivity index (χ0v) is 19.8. The number of aliphatic carboxylic acids is 1. The number of rotatable bonds is 6. The van der Waals surface area contributed by atoms with Gasteiger partial charge in [0.15, 0.2) is 11.7 Å². The predicted octanol–water partition coefficient (Wildman–Crippen LogP) is -0.483. The highest BCUT2D eigenvalue weighted by molar-refractivity contribution is 8.00. The topological polar surface area (TPSA) is 180 Å². The summed E-state index contributed by atoms with van der Waals surface area (Å²) < 4.78 is 7.65. The van der Waals surface area contributed by atoms with Crippen molar-refractivity contribution in [2.45, 2.75) is 18.0 Å². The zero-order valence-electron chi connectivity index (χ0n) is 18.2. The number of hydrogen-bond acceptors (Lipinski definition) is 10. The van der Waals surface area contributed by atoms with E-state index in [2.05, 4.69) is 19.8 Å². The number of β-lactam (4-membered cyclic amide) rings is 1. The fourth-order valence-corrected chi connectivity index (χ4v) is 5.93. The van der Waals surface area contributed by atoms with Gasteiger partial charge in [0.2, 0.25) is 17.7 Å². The van der Waals surface area contributed by atoms with Crippen LogP contribution in [0.25, 0.3) is 10.9 Å². The molecule has 0 aliphatic carbocycles.